The molecule has 1 heterocycles. The molecule has 1 saturated heterocycles. The zero-order valence-corrected chi connectivity index (χ0v) is 19.8. The summed E-state index contributed by atoms with van der Waals surface area (Å²) in [5.74, 6) is 1.73. The van der Waals surface area contributed by atoms with Crippen molar-refractivity contribution < 1.29 is 19.1 Å². The molecule has 0 aromatic heterocycles. The van der Waals surface area contributed by atoms with Gasteiger partial charge in [0.1, 0.15) is 17.1 Å². The fourth-order valence-corrected chi connectivity index (χ4v) is 4.34. The number of ether oxygens (including phenoxy) is 2. The summed E-state index contributed by atoms with van der Waals surface area (Å²) in [5, 5.41) is 0. The normalized spacial score (nSPS) is 18.5. The molecule has 2 aromatic carbocycles. The Balaban J connectivity index is 1.53. The number of likely N-dealkylation sites (tertiary alicyclic amines) is 1. The number of hydrogen-bond donors (Lipinski definition) is 0. The fraction of sp³-hybridized carbons (Fsp3) is 0.481. The van der Waals surface area contributed by atoms with E-state index in [9.17, 15) is 9.59 Å². The van der Waals surface area contributed by atoms with Gasteiger partial charge in [-0.2, -0.15) is 0 Å². The Morgan fingerprint density at radius 3 is 2.36 bits per heavy atom. The molecular weight excluding hydrogens is 416 g/mol. The van der Waals surface area contributed by atoms with Crippen LogP contribution in [0.2, 0.25) is 0 Å². The Labute approximate surface area is 196 Å². The van der Waals surface area contributed by atoms with E-state index in [1.807, 2.05) is 80.3 Å². The van der Waals surface area contributed by atoms with Crippen LogP contribution in [0.4, 0.5) is 4.79 Å². The van der Waals surface area contributed by atoms with Gasteiger partial charge in [-0.25, -0.2) is 4.79 Å². The Kier molecular flexibility index (Phi) is 6.91. The van der Waals surface area contributed by atoms with Crippen LogP contribution in [-0.2, 0) is 4.74 Å². The van der Waals surface area contributed by atoms with Gasteiger partial charge in [-0.3, -0.25) is 4.79 Å². The fourth-order valence-electron chi connectivity index (χ4n) is 4.34. The second-order valence-electron chi connectivity index (χ2n) is 10.0. The summed E-state index contributed by atoms with van der Waals surface area (Å²) in [6.45, 7) is 7.41. The molecule has 2 amide bonds. The number of nitrogens with zero attached hydrogens (tertiary/aromatic N) is 2. The predicted molar refractivity (Wildman–Crippen MR) is 128 cm³/mol. The van der Waals surface area contributed by atoms with Crippen molar-refractivity contribution in [3.05, 3.63) is 60.2 Å². The summed E-state index contributed by atoms with van der Waals surface area (Å²) < 4.78 is 11.6. The molecule has 1 aliphatic carbocycles. The van der Waals surface area contributed by atoms with Crippen molar-refractivity contribution in [3.8, 4) is 11.5 Å². The molecule has 0 N–H and O–H groups in total. The highest BCUT2D eigenvalue weighted by atomic mass is 16.6. The van der Waals surface area contributed by atoms with Crippen LogP contribution in [0, 0.1) is 5.92 Å². The minimum Gasteiger partial charge on any atom is -0.457 e. The Morgan fingerprint density at radius 2 is 1.70 bits per heavy atom. The summed E-state index contributed by atoms with van der Waals surface area (Å²) in [6, 6.07) is 16.9. The van der Waals surface area contributed by atoms with Crippen LogP contribution in [0.3, 0.4) is 0 Å². The van der Waals surface area contributed by atoms with Gasteiger partial charge in [-0.05, 0) is 70.2 Å². The SMILES string of the molecule is CC(C)(C)OC(=O)N1CC[C@H](N(CC2CCC2)C(=O)c2ccccc2Oc2ccccc2)C1. The maximum Gasteiger partial charge on any atom is 0.410 e. The first kappa shape index (κ1) is 23.1. The largest absolute Gasteiger partial charge is 0.457 e. The molecule has 6 nitrogen and oxygen atoms in total. The lowest BCUT2D eigenvalue weighted by atomic mass is 9.84. The predicted octanol–water partition coefficient (Wildman–Crippen LogP) is 5.73. The molecule has 1 atom stereocenters. The van der Waals surface area contributed by atoms with Gasteiger partial charge in [0.2, 0.25) is 0 Å². The molecule has 6 heteroatoms. The Morgan fingerprint density at radius 1 is 1.00 bits per heavy atom. The average molecular weight is 451 g/mol. The van der Waals surface area contributed by atoms with Crippen LogP contribution in [0.1, 0.15) is 56.8 Å². The molecule has 4 rings (SSSR count). The number of amides is 2. The van der Waals surface area contributed by atoms with E-state index < -0.39 is 5.60 Å². The summed E-state index contributed by atoms with van der Waals surface area (Å²) in [5.41, 5.74) is 0.0148. The maximum absolute atomic E-state index is 13.8. The number of benzene rings is 2. The van der Waals surface area contributed by atoms with Crippen LogP contribution >= 0.6 is 0 Å². The van der Waals surface area contributed by atoms with Crippen LogP contribution < -0.4 is 4.74 Å². The van der Waals surface area contributed by atoms with Crippen LogP contribution in [0.25, 0.3) is 0 Å². The van der Waals surface area contributed by atoms with Crippen molar-refractivity contribution >= 4 is 12.0 Å². The average Bonchev–Trinajstić information content (AvgIpc) is 3.23. The quantitative estimate of drug-likeness (QED) is 0.564. The van der Waals surface area contributed by atoms with Crippen molar-refractivity contribution in [2.45, 2.75) is 58.1 Å². The monoisotopic (exact) mass is 450 g/mol. The Bertz CT molecular complexity index is 966. The molecule has 2 aliphatic rings. The second-order valence-corrected chi connectivity index (χ2v) is 10.0. The molecule has 1 aliphatic heterocycles. The minimum atomic E-state index is -0.537. The summed E-state index contributed by atoms with van der Waals surface area (Å²) in [7, 11) is 0. The van der Waals surface area contributed by atoms with E-state index >= 15 is 0 Å². The van der Waals surface area contributed by atoms with Crippen molar-refractivity contribution in [2.24, 2.45) is 5.92 Å². The molecule has 0 unspecified atom stereocenters. The Hall–Kier alpha value is -3.02. The number of carbonyl (C=O) groups is 2. The van der Waals surface area contributed by atoms with E-state index in [2.05, 4.69) is 0 Å². The molecule has 33 heavy (non-hydrogen) atoms. The van der Waals surface area contributed by atoms with Crippen LogP contribution in [0.5, 0.6) is 11.5 Å². The van der Waals surface area contributed by atoms with E-state index in [1.165, 1.54) is 6.42 Å². The number of carbonyl (C=O) groups excluding carboxylic acids is 2. The molecule has 1 saturated carbocycles. The lowest BCUT2D eigenvalue weighted by Gasteiger charge is -2.36. The zero-order valence-electron chi connectivity index (χ0n) is 19.8. The third-order valence-corrected chi connectivity index (χ3v) is 6.28. The van der Waals surface area contributed by atoms with Gasteiger partial charge >= 0.3 is 6.09 Å². The molecule has 0 bridgehead atoms. The van der Waals surface area contributed by atoms with E-state index in [0.29, 0.717) is 42.6 Å². The van der Waals surface area contributed by atoms with E-state index in [1.54, 1.807) is 4.90 Å². The topological polar surface area (TPSA) is 59.1 Å². The number of rotatable bonds is 6. The second kappa shape index (κ2) is 9.86. The van der Waals surface area contributed by atoms with E-state index in [-0.39, 0.29) is 18.0 Å². The van der Waals surface area contributed by atoms with Gasteiger partial charge in [0.05, 0.1) is 11.6 Å². The van der Waals surface area contributed by atoms with Gasteiger partial charge in [0.15, 0.2) is 0 Å². The minimum absolute atomic E-state index is 0.0320. The lowest BCUT2D eigenvalue weighted by molar-refractivity contribution is 0.0269. The highest BCUT2D eigenvalue weighted by Gasteiger charge is 2.37. The summed E-state index contributed by atoms with van der Waals surface area (Å²) >= 11 is 0. The van der Waals surface area contributed by atoms with Gasteiger partial charge < -0.3 is 19.3 Å². The number of hydrogen-bond acceptors (Lipinski definition) is 4. The van der Waals surface area contributed by atoms with Gasteiger partial charge in [0, 0.05) is 19.6 Å². The standard InChI is InChI=1S/C27H34N2O4/c1-27(2,3)33-26(31)28-17-16-21(19-28)29(18-20-10-9-11-20)25(30)23-14-7-8-15-24(23)32-22-12-5-4-6-13-22/h4-8,12-15,20-21H,9-11,16-19H2,1-3H3/t21-/m0/s1. The number of para-hydroxylation sites is 2. The smallest absolute Gasteiger partial charge is 0.410 e. The van der Waals surface area contributed by atoms with Crippen molar-refractivity contribution in [1.29, 1.82) is 0 Å². The third-order valence-electron chi connectivity index (χ3n) is 6.28. The molecule has 0 spiro atoms. The molecule has 2 fully saturated rings. The van der Waals surface area contributed by atoms with E-state index in [4.69, 9.17) is 9.47 Å². The lowest BCUT2D eigenvalue weighted by Crippen LogP contribution is -2.46. The highest BCUT2D eigenvalue weighted by molar-refractivity contribution is 5.97. The van der Waals surface area contributed by atoms with Gasteiger partial charge in [0.25, 0.3) is 5.91 Å². The zero-order chi connectivity index (χ0) is 23.4. The highest BCUT2D eigenvalue weighted by Crippen LogP contribution is 2.32. The molecule has 2 aromatic rings. The summed E-state index contributed by atoms with van der Waals surface area (Å²) in [4.78, 5) is 30.1. The molecule has 176 valence electrons. The van der Waals surface area contributed by atoms with E-state index in [0.717, 1.165) is 19.3 Å². The maximum atomic E-state index is 13.8. The van der Waals surface area contributed by atoms with Crippen molar-refractivity contribution in [1.82, 2.24) is 9.80 Å². The van der Waals surface area contributed by atoms with Gasteiger partial charge in [-0.15, -0.1) is 0 Å². The molecular formula is C27H34N2O4. The van der Waals surface area contributed by atoms with Crippen molar-refractivity contribution in [2.75, 3.05) is 19.6 Å². The molecule has 0 radical (unpaired) electrons. The van der Waals surface area contributed by atoms with Crippen LogP contribution in [-0.4, -0.2) is 53.1 Å². The first-order valence-corrected chi connectivity index (χ1v) is 11.9. The first-order chi connectivity index (χ1) is 15.8. The van der Waals surface area contributed by atoms with Crippen molar-refractivity contribution in [3.63, 3.8) is 0 Å². The van der Waals surface area contributed by atoms with Gasteiger partial charge in [-0.1, -0.05) is 36.8 Å². The first-order valence-electron chi connectivity index (χ1n) is 11.9. The third kappa shape index (κ3) is 5.86. The van der Waals surface area contributed by atoms with Crippen LogP contribution in [0.15, 0.2) is 54.6 Å². The summed E-state index contributed by atoms with van der Waals surface area (Å²) in [6.07, 6.45) is 3.95.